The maximum atomic E-state index is 12.4. The molecule has 23 heavy (non-hydrogen) atoms. The summed E-state index contributed by atoms with van der Waals surface area (Å²) in [5, 5.41) is 4.44. The van der Waals surface area contributed by atoms with Crippen LogP contribution in [0.1, 0.15) is 48.1 Å². The first kappa shape index (κ1) is 15.8. The maximum Gasteiger partial charge on any atom is 0.222 e. The molecule has 1 saturated heterocycles. The van der Waals surface area contributed by atoms with E-state index in [1.807, 2.05) is 29.6 Å². The highest BCUT2D eigenvalue weighted by atomic mass is 16.2. The molecule has 1 atom stereocenters. The lowest BCUT2D eigenvalue weighted by Gasteiger charge is -2.16. The van der Waals surface area contributed by atoms with Gasteiger partial charge in [-0.2, -0.15) is 5.10 Å². The van der Waals surface area contributed by atoms with Crippen molar-refractivity contribution in [1.82, 2.24) is 24.6 Å². The van der Waals surface area contributed by atoms with Gasteiger partial charge < -0.3 is 9.88 Å². The van der Waals surface area contributed by atoms with Crippen LogP contribution in [0.15, 0.2) is 12.3 Å². The van der Waals surface area contributed by atoms with E-state index in [1.165, 1.54) is 0 Å². The van der Waals surface area contributed by atoms with Gasteiger partial charge in [0.1, 0.15) is 5.82 Å². The Morgan fingerprint density at radius 3 is 2.87 bits per heavy atom. The molecule has 1 fully saturated rings. The second-order valence-corrected chi connectivity index (χ2v) is 6.53. The molecular formula is C17H25N5O. The van der Waals surface area contributed by atoms with Crippen molar-refractivity contribution >= 4 is 5.91 Å². The van der Waals surface area contributed by atoms with Gasteiger partial charge in [-0.3, -0.25) is 9.48 Å². The number of H-pyrrole nitrogens is 1. The number of carbonyl (C=O) groups excluding carboxylic acids is 1. The third kappa shape index (κ3) is 3.63. The standard InChI is InChI=1S/C17H25N5O/c1-12-9-14(3)22(20-12)7-4-5-16(23)21-8-6-15(11-21)17-18-10-13(2)19-17/h9-10,15H,4-8,11H2,1-3H3,(H,18,19)/t15-/m0/s1. The van der Waals surface area contributed by atoms with Crippen LogP contribution in [0.3, 0.4) is 0 Å². The summed E-state index contributed by atoms with van der Waals surface area (Å²) in [7, 11) is 0. The monoisotopic (exact) mass is 315 g/mol. The third-order valence-corrected chi connectivity index (χ3v) is 4.51. The van der Waals surface area contributed by atoms with E-state index in [0.29, 0.717) is 12.3 Å². The van der Waals surface area contributed by atoms with Gasteiger partial charge in [-0.25, -0.2) is 4.98 Å². The van der Waals surface area contributed by atoms with E-state index in [2.05, 4.69) is 28.1 Å². The zero-order valence-electron chi connectivity index (χ0n) is 14.2. The van der Waals surface area contributed by atoms with Crippen LogP contribution in [0.4, 0.5) is 0 Å². The highest BCUT2D eigenvalue weighted by Gasteiger charge is 2.28. The van der Waals surface area contributed by atoms with Crippen LogP contribution in [0.25, 0.3) is 0 Å². The maximum absolute atomic E-state index is 12.4. The molecule has 0 spiro atoms. The Morgan fingerprint density at radius 2 is 2.22 bits per heavy atom. The topological polar surface area (TPSA) is 66.8 Å². The molecule has 0 bridgehead atoms. The molecule has 3 rings (SSSR count). The predicted octanol–water partition coefficient (Wildman–Crippen LogP) is 2.33. The van der Waals surface area contributed by atoms with Crippen molar-refractivity contribution < 1.29 is 4.79 Å². The largest absolute Gasteiger partial charge is 0.346 e. The molecular weight excluding hydrogens is 290 g/mol. The zero-order valence-corrected chi connectivity index (χ0v) is 14.2. The van der Waals surface area contributed by atoms with E-state index < -0.39 is 0 Å². The minimum absolute atomic E-state index is 0.248. The van der Waals surface area contributed by atoms with Crippen molar-refractivity contribution in [1.29, 1.82) is 0 Å². The molecule has 0 saturated carbocycles. The van der Waals surface area contributed by atoms with Crippen LogP contribution >= 0.6 is 0 Å². The van der Waals surface area contributed by atoms with Crippen molar-refractivity contribution in [3.8, 4) is 0 Å². The van der Waals surface area contributed by atoms with Crippen LogP contribution in [0.5, 0.6) is 0 Å². The van der Waals surface area contributed by atoms with Gasteiger partial charge in [0.15, 0.2) is 0 Å². The molecule has 6 nitrogen and oxygen atoms in total. The molecule has 2 aromatic heterocycles. The average Bonchev–Trinajstić information content (AvgIpc) is 3.20. The molecule has 1 amide bonds. The van der Waals surface area contributed by atoms with Crippen molar-refractivity contribution in [3.05, 3.63) is 35.2 Å². The Bertz CT molecular complexity index is 687. The molecule has 0 aromatic carbocycles. The van der Waals surface area contributed by atoms with Crippen LogP contribution in [0, 0.1) is 20.8 Å². The van der Waals surface area contributed by atoms with E-state index in [9.17, 15) is 4.79 Å². The first-order valence-corrected chi connectivity index (χ1v) is 8.33. The average molecular weight is 315 g/mol. The number of nitrogens with one attached hydrogen (secondary N) is 1. The summed E-state index contributed by atoms with van der Waals surface area (Å²) in [6, 6.07) is 2.07. The number of nitrogens with zero attached hydrogens (tertiary/aromatic N) is 4. The van der Waals surface area contributed by atoms with Gasteiger partial charge in [-0.1, -0.05) is 0 Å². The van der Waals surface area contributed by atoms with E-state index >= 15 is 0 Å². The SMILES string of the molecule is Cc1cc(C)n(CCCC(=O)N2CC[C@H](c3ncc(C)[nH]3)C2)n1. The summed E-state index contributed by atoms with van der Waals surface area (Å²) in [4.78, 5) is 22.0. The van der Waals surface area contributed by atoms with E-state index in [4.69, 9.17) is 0 Å². The molecule has 1 aliphatic rings. The van der Waals surface area contributed by atoms with Gasteiger partial charge >= 0.3 is 0 Å². The van der Waals surface area contributed by atoms with E-state index in [-0.39, 0.29) is 5.91 Å². The van der Waals surface area contributed by atoms with Crippen molar-refractivity contribution in [2.75, 3.05) is 13.1 Å². The van der Waals surface area contributed by atoms with E-state index in [0.717, 1.165) is 55.4 Å². The number of hydrogen-bond donors (Lipinski definition) is 1. The Labute approximate surface area is 136 Å². The minimum Gasteiger partial charge on any atom is -0.346 e. The molecule has 0 aliphatic carbocycles. The van der Waals surface area contributed by atoms with Gasteiger partial charge in [0.05, 0.1) is 5.69 Å². The molecule has 1 N–H and O–H groups in total. The fourth-order valence-electron chi connectivity index (χ4n) is 3.29. The lowest BCUT2D eigenvalue weighted by atomic mass is 10.1. The molecule has 1 aliphatic heterocycles. The molecule has 6 heteroatoms. The number of imidazole rings is 1. The Balaban J connectivity index is 1.47. The van der Waals surface area contributed by atoms with Crippen molar-refractivity contribution in [3.63, 3.8) is 0 Å². The number of rotatable bonds is 5. The first-order chi connectivity index (χ1) is 11.0. The van der Waals surface area contributed by atoms with Crippen LogP contribution in [0.2, 0.25) is 0 Å². The third-order valence-electron chi connectivity index (χ3n) is 4.51. The predicted molar refractivity (Wildman–Crippen MR) is 88.2 cm³/mol. The number of hydrogen-bond acceptors (Lipinski definition) is 3. The second kappa shape index (κ2) is 6.56. The zero-order chi connectivity index (χ0) is 16.4. The second-order valence-electron chi connectivity index (χ2n) is 6.53. The number of aromatic amines is 1. The summed E-state index contributed by atoms with van der Waals surface area (Å²) < 4.78 is 1.99. The number of aromatic nitrogens is 4. The molecule has 124 valence electrons. The minimum atomic E-state index is 0.248. The molecule has 3 heterocycles. The highest BCUT2D eigenvalue weighted by molar-refractivity contribution is 5.76. The summed E-state index contributed by atoms with van der Waals surface area (Å²) in [6.45, 7) is 8.48. The van der Waals surface area contributed by atoms with Crippen LogP contribution < -0.4 is 0 Å². The van der Waals surface area contributed by atoms with Gasteiger partial charge in [-0.05, 0) is 39.7 Å². The Kier molecular flexibility index (Phi) is 4.50. The number of aryl methyl sites for hydroxylation is 4. The van der Waals surface area contributed by atoms with Crippen LogP contribution in [-0.4, -0.2) is 43.6 Å². The quantitative estimate of drug-likeness (QED) is 0.921. The first-order valence-electron chi connectivity index (χ1n) is 8.33. The number of carbonyl (C=O) groups is 1. The number of amides is 1. The van der Waals surface area contributed by atoms with Crippen molar-refractivity contribution in [2.24, 2.45) is 0 Å². The van der Waals surface area contributed by atoms with Gasteiger partial charge in [0, 0.05) is 49.6 Å². The summed E-state index contributed by atoms with van der Waals surface area (Å²) >= 11 is 0. The molecule has 0 unspecified atom stereocenters. The van der Waals surface area contributed by atoms with Crippen molar-refractivity contribution in [2.45, 2.75) is 52.5 Å². The molecule has 2 aromatic rings. The van der Waals surface area contributed by atoms with Gasteiger partial charge in [0.25, 0.3) is 0 Å². The van der Waals surface area contributed by atoms with Gasteiger partial charge in [0.2, 0.25) is 5.91 Å². The van der Waals surface area contributed by atoms with E-state index in [1.54, 1.807) is 0 Å². The summed E-state index contributed by atoms with van der Waals surface area (Å²) in [5.74, 6) is 1.61. The lowest BCUT2D eigenvalue weighted by molar-refractivity contribution is -0.130. The summed E-state index contributed by atoms with van der Waals surface area (Å²) in [6.07, 6.45) is 4.27. The summed E-state index contributed by atoms with van der Waals surface area (Å²) in [5.41, 5.74) is 3.27. The Morgan fingerprint density at radius 1 is 1.39 bits per heavy atom. The fourth-order valence-corrected chi connectivity index (χ4v) is 3.29. The smallest absolute Gasteiger partial charge is 0.222 e. The highest BCUT2D eigenvalue weighted by Crippen LogP contribution is 2.25. The lowest BCUT2D eigenvalue weighted by Crippen LogP contribution is -2.28. The number of likely N-dealkylation sites (tertiary alicyclic amines) is 1. The Hall–Kier alpha value is -2.11. The normalized spacial score (nSPS) is 17.9. The van der Waals surface area contributed by atoms with Crippen LogP contribution in [-0.2, 0) is 11.3 Å². The van der Waals surface area contributed by atoms with Gasteiger partial charge in [-0.15, -0.1) is 0 Å². The fraction of sp³-hybridized carbons (Fsp3) is 0.588. The molecule has 0 radical (unpaired) electrons.